The molecule has 0 rings (SSSR count). The molecule has 0 saturated carbocycles. The van der Waals surface area contributed by atoms with Gasteiger partial charge in [0.1, 0.15) is 0 Å². The molecule has 0 bridgehead atoms. The molecule has 0 heterocycles. The third kappa shape index (κ3) is 6.25. The lowest BCUT2D eigenvalue weighted by molar-refractivity contribution is 0.473. The summed E-state index contributed by atoms with van der Waals surface area (Å²) in [7, 11) is -4.53. The van der Waals surface area contributed by atoms with Crippen LogP contribution in [0.2, 0.25) is 13.1 Å². The molecule has 0 aromatic rings. The van der Waals surface area contributed by atoms with E-state index in [1.165, 1.54) is 13.1 Å². The van der Waals surface area contributed by atoms with Crippen molar-refractivity contribution in [2.75, 3.05) is 0 Å². The first-order valence-corrected chi connectivity index (χ1v) is 5.36. The van der Waals surface area contributed by atoms with Crippen molar-refractivity contribution in [1.82, 2.24) is 0 Å². The lowest BCUT2D eigenvalue weighted by atomic mass is 11.9. The molecule has 0 aliphatic heterocycles. The van der Waals surface area contributed by atoms with E-state index in [1.54, 1.807) is 0 Å². The quantitative estimate of drug-likeness (QED) is 0.413. The van der Waals surface area contributed by atoms with Gasteiger partial charge < -0.3 is 4.12 Å². The zero-order valence-electron chi connectivity index (χ0n) is 4.16. The Morgan fingerprint density at radius 2 is 1.43 bits per heavy atom. The topological polar surface area (TPSA) is 9.23 Å². The predicted molar refractivity (Wildman–Crippen MR) is 26.5 cm³/mol. The van der Waals surface area contributed by atoms with Crippen molar-refractivity contribution < 1.29 is 12.3 Å². The number of hydrogen-bond acceptors (Lipinski definition) is 1. The van der Waals surface area contributed by atoms with Gasteiger partial charge in [-0.3, -0.25) is 8.22 Å². The molecule has 1 nitrogen and oxygen atoms in total. The molecule has 0 aromatic heterocycles. The minimum Gasteiger partial charge on any atom is -0.407 e. The van der Waals surface area contributed by atoms with Crippen LogP contribution in [0, 0.1) is 0 Å². The van der Waals surface area contributed by atoms with Crippen molar-refractivity contribution in [3.8, 4) is 0 Å². The van der Waals surface area contributed by atoms with Crippen LogP contribution >= 0.6 is 0 Å². The van der Waals surface area contributed by atoms with Crippen LogP contribution in [-0.2, 0) is 4.12 Å². The highest BCUT2D eigenvalue weighted by Crippen LogP contribution is 1.91. The third-order valence-electron chi connectivity index (χ3n) is 0.281. The van der Waals surface area contributed by atoms with Gasteiger partial charge in [0.15, 0.2) is 0 Å². The van der Waals surface area contributed by atoms with Crippen LogP contribution in [0.5, 0.6) is 0 Å². The maximum atomic E-state index is 11.6. The average molecular weight is 140 g/mol. The van der Waals surface area contributed by atoms with Gasteiger partial charge in [-0.15, -0.1) is 0 Å². The molecular formula is C2H6F2OSi2. The molecule has 5 heteroatoms. The number of hydrogen-bond donors (Lipinski definition) is 0. The number of rotatable bonds is 2. The van der Waals surface area contributed by atoms with Crippen LogP contribution in [-0.4, -0.2) is 18.7 Å². The molecule has 0 aliphatic carbocycles. The van der Waals surface area contributed by atoms with E-state index in [0.717, 1.165) is 0 Å². The second-order valence-electron chi connectivity index (χ2n) is 1.04. The minimum absolute atomic E-state index is 1.26. The van der Waals surface area contributed by atoms with Gasteiger partial charge in [-0.1, -0.05) is 0 Å². The monoisotopic (exact) mass is 140 g/mol. The molecule has 7 heavy (non-hydrogen) atoms. The maximum Gasteiger partial charge on any atom is 0.420 e. The van der Waals surface area contributed by atoms with Crippen LogP contribution in [0.3, 0.4) is 0 Å². The Kier molecular flexibility index (Phi) is 3.40. The van der Waals surface area contributed by atoms with E-state index in [0.29, 0.717) is 0 Å². The van der Waals surface area contributed by atoms with Crippen LogP contribution in [0.4, 0.5) is 8.22 Å². The minimum atomic E-state index is -2.26. The van der Waals surface area contributed by atoms with E-state index in [4.69, 9.17) is 0 Å². The molecule has 0 N–H and O–H groups in total. The standard InChI is InChI=1S/C2H6F2OSi2/c1-6(3)5-7(2)4/h1-2H3. The second-order valence-corrected chi connectivity index (χ2v) is 3.74. The molecular weight excluding hydrogens is 134 g/mol. The molecule has 0 atom stereocenters. The van der Waals surface area contributed by atoms with Crippen molar-refractivity contribution in [2.45, 2.75) is 13.1 Å². The van der Waals surface area contributed by atoms with Gasteiger partial charge in [0, 0.05) is 0 Å². The highest BCUT2D eigenvalue weighted by Gasteiger charge is 2.11. The second kappa shape index (κ2) is 3.28. The normalized spacial score (nSPS) is 11.1. The van der Waals surface area contributed by atoms with Crippen molar-refractivity contribution in [2.24, 2.45) is 0 Å². The van der Waals surface area contributed by atoms with Gasteiger partial charge in [0.25, 0.3) is 0 Å². The lowest BCUT2D eigenvalue weighted by Crippen LogP contribution is -2.15. The molecule has 0 spiro atoms. The van der Waals surface area contributed by atoms with E-state index < -0.39 is 18.7 Å². The summed E-state index contributed by atoms with van der Waals surface area (Å²) >= 11 is 0. The Labute approximate surface area is 45.1 Å². The Hall–Kier alpha value is 0.254. The summed E-state index contributed by atoms with van der Waals surface area (Å²) in [6, 6.07) is 0. The van der Waals surface area contributed by atoms with Crippen LogP contribution < -0.4 is 0 Å². The Balaban J connectivity index is 2.95. The molecule has 0 fully saturated rings. The summed E-state index contributed by atoms with van der Waals surface area (Å²) in [5, 5.41) is 0. The Morgan fingerprint density at radius 1 is 1.14 bits per heavy atom. The smallest absolute Gasteiger partial charge is 0.407 e. The summed E-state index contributed by atoms with van der Waals surface area (Å²) in [6.45, 7) is 2.52. The zero-order valence-corrected chi connectivity index (χ0v) is 6.16. The highest BCUT2D eigenvalue weighted by molar-refractivity contribution is 6.56. The van der Waals surface area contributed by atoms with Gasteiger partial charge in [0.2, 0.25) is 0 Å². The van der Waals surface area contributed by atoms with Gasteiger partial charge >= 0.3 is 18.7 Å². The van der Waals surface area contributed by atoms with E-state index in [1.807, 2.05) is 0 Å². The number of halogens is 2. The zero-order chi connectivity index (χ0) is 5.86. The third-order valence-corrected chi connectivity index (χ3v) is 2.53. The first-order valence-electron chi connectivity index (χ1n) is 1.79. The van der Waals surface area contributed by atoms with Gasteiger partial charge in [-0.2, -0.15) is 0 Å². The molecule has 0 saturated heterocycles. The average Bonchev–Trinajstić information content (AvgIpc) is 1.27. The fourth-order valence-electron chi connectivity index (χ4n) is 0.194. The first kappa shape index (κ1) is 7.25. The molecule has 0 aliphatic rings. The van der Waals surface area contributed by atoms with E-state index >= 15 is 0 Å². The van der Waals surface area contributed by atoms with Gasteiger partial charge in [-0.05, 0) is 13.1 Å². The van der Waals surface area contributed by atoms with Crippen molar-refractivity contribution in [1.29, 1.82) is 0 Å². The fourth-order valence-corrected chi connectivity index (χ4v) is 1.74. The van der Waals surface area contributed by atoms with Gasteiger partial charge in [0.05, 0.1) is 0 Å². The maximum absolute atomic E-state index is 11.6. The first-order chi connectivity index (χ1) is 3.13. The van der Waals surface area contributed by atoms with E-state index in [2.05, 4.69) is 4.12 Å². The molecule has 0 aromatic carbocycles. The molecule has 0 unspecified atom stereocenters. The van der Waals surface area contributed by atoms with E-state index in [-0.39, 0.29) is 0 Å². The summed E-state index contributed by atoms with van der Waals surface area (Å²) in [5.41, 5.74) is 0. The Morgan fingerprint density at radius 3 is 1.43 bits per heavy atom. The Bertz CT molecular complexity index is 43.0. The predicted octanol–water partition coefficient (Wildman–Crippen LogP) is 1.18. The molecule has 0 amide bonds. The van der Waals surface area contributed by atoms with Crippen LogP contribution in [0.25, 0.3) is 0 Å². The van der Waals surface area contributed by atoms with Crippen molar-refractivity contribution in [3.63, 3.8) is 0 Å². The SMILES string of the molecule is C[Si](F)O[Si](C)F. The van der Waals surface area contributed by atoms with Crippen molar-refractivity contribution >= 4 is 18.7 Å². The largest absolute Gasteiger partial charge is 0.420 e. The molecule has 42 valence electrons. The summed E-state index contributed by atoms with van der Waals surface area (Å²) in [6.07, 6.45) is 0. The van der Waals surface area contributed by atoms with Crippen LogP contribution in [0.1, 0.15) is 0 Å². The lowest BCUT2D eigenvalue weighted by Gasteiger charge is -1.96. The van der Waals surface area contributed by atoms with Crippen molar-refractivity contribution in [3.05, 3.63) is 0 Å². The summed E-state index contributed by atoms with van der Waals surface area (Å²) < 4.78 is 27.4. The van der Waals surface area contributed by atoms with Gasteiger partial charge in [-0.25, -0.2) is 0 Å². The summed E-state index contributed by atoms with van der Waals surface area (Å²) in [5.74, 6) is 0. The van der Waals surface area contributed by atoms with E-state index in [9.17, 15) is 8.22 Å². The summed E-state index contributed by atoms with van der Waals surface area (Å²) in [4.78, 5) is 0. The fraction of sp³-hybridized carbons (Fsp3) is 1.00. The van der Waals surface area contributed by atoms with Crippen LogP contribution in [0.15, 0.2) is 0 Å². The highest BCUT2D eigenvalue weighted by atomic mass is 28.4. The molecule has 2 radical (unpaired) electrons.